The SMILES string of the molecule is CC1C=C2C(Cc3ccc(-c4nc(-c5cccc(-c6ccccc6)c5)nc(-c5cccc(-c6ccccc6)c5)n4)cc3)C(C)C21c1ccc(-c2nc(-c3cccc(-c4ccccc4)c3)nc(-c3cccc(-c4ccccc4)c3)n2)cc1. The van der Waals surface area contributed by atoms with Crippen LogP contribution in [0.5, 0.6) is 0 Å². The van der Waals surface area contributed by atoms with Crippen molar-refractivity contribution in [3.63, 3.8) is 0 Å². The summed E-state index contributed by atoms with van der Waals surface area (Å²) in [6.45, 7) is 4.83. The van der Waals surface area contributed by atoms with E-state index in [-0.39, 0.29) is 5.41 Å². The van der Waals surface area contributed by atoms with Gasteiger partial charge in [0.15, 0.2) is 34.9 Å². The highest BCUT2D eigenvalue weighted by Crippen LogP contribution is 2.68. The van der Waals surface area contributed by atoms with Crippen LogP contribution >= 0.6 is 0 Å². The Morgan fingerprint density at radius 1 is 0.284 bits per heavy atom. The normalized spacial score (nSPS) is 17.1. The second kappa shape index (κ2) is 21.0. The third-order valence-corrected chi connectivity index (χ3v) is 16.8. The molecule has 1 fully saturated rings. The molecule has 0 bridgehead atoms. The standard InChI is InChI=1S/C75H56N6/c1-49-43-68-67(44-51-35-37-56(38-36-51)69-76-71(62-31-15-27-58(45-62)52-19-7-3-8-20-52)80-72(77-69)63-32-16-28-59(46-63)53-21-9-4-10-22-53)50(2)75(49,68)66-41-39-57(40-42-66)70-78-73(64-33-17-29-60(47-64)54-23-11-5-12-24-54)81-74(79-70)65-34-18-30-61(48-65)55-25-13-6-14-26-55/h3-43,45-50,67H,44H2,1-2H3. The Balaban J connectivity index is 0.745. The molecule has 1 saturated carbocycles. The van der Waals surface area contributed by atoms with Crippen molar-refractivity contribution in [1.82, 2.24) is 29.9 Å². The first-order chi connectivity index (χ1) is 39.9. The van der Waals surface area contributed by atoms with E-state index in [2.05, 4.69) is 263 Å². The topological polar surface area (TPSA) is 77.3 Å². The fourth-order valence-electron chi connectivity index (χ4n) is 12.6. The van der Waals surface area contributed by atoms with Crippen LogP contribution in [0.15, 0.2) is 279 Å². The van der Waals surface area contributed by atoms with Crippen LogP contribution in [0.4, 0.5) is 0 Å². The fraction of sp³-hybridized carbons (Fsp3) is 0.0933. The van der Waals surface area contributed by atoms with E-state index in [0.717, 1.165) is 84.3 Å². The third-order valence-electron chi connectivity index (χ3n) is 16.8. The lowest BCUT2D eigenvalue weighted by Gasteiger charge is -2.66. The minimum Gasteiger partial charge on any atom is -0.208 e. The number of aromatic nitrogens is 6. The third kappa shape index (κ3) is 9.34. The Hall–Kier alpha value is -10.0. The van der Waals surface area contributed by atoms with Crippen LogP contribution in [0.2, 0.25) is 0 Å². The average Bonchev–Trinajstić information content (AvgIpc) is 3.52. The average molecular weight is 1040 g/mol. The van der Waals surface area contributed by atoms with Gasteiger partial charge in [-0.2, -0.15) is 0 Å². The zero-order valence-electron chi connectivity index (χ0n) is 45.1. The number of benzene rings is 10. The Morgan fingerprint density at radius 3 is 0.877 bits per heavy atom. The van der Waals surface area contributed by atoms with Crippen molar-refractivity contribution in [3.05, 3.63) is 290 Å². The Kier molecular flexibility index (Phi) is 12.8. The van der Waals surface area contributed by atoms with E-state index in [1.807, 2.05) is 24.3 Å². The molecule has 4 unspecified atom stereocenters. The van der Waals surface area contributed by atoms with Crippen molar-refractivity contribution in [2.45, 2.75) is 25.7 Å². The predicted molar refractivity (Wildman–Crippen MR) is 329 cm³/mol. The van der Waals surface area contributed by atoms with Crippen LogP contribution in [0.3, 0.4) is 0 Å². The lowest BCUT2D eigenvalue weighted by Crippen LogP contribution is -2.62. The van der Waals surface area contributed by atoms with Gasteiger partial charge in [0.2, 0.25) is 0 Å². The molecule has 2 aliphatic rings. The van der Waals surface area contributed by atoms with Crippen molar-refractivity contribution in [2.75, 3.05) is 0 Å². The Morgan fingerprint density at radius 2 is 0.568 bits per heavy atom. The molecule has 10 aromatic carbocycles. The molecule has 0 radical (unpaired) electrons. The summed E-state index contributed by atoms with van der Waals surface area (Å²) in [7, 11) is 0. The van der Waals surface area contributed by atoms with Gasteiger partial charge in [0.25, 0.3) is 0 Å². The number of rotatable bonds is 13. The van der Waals surface area contributed by atoms with Crippen LogP contribution in [0.25, 0.3) is 113 Å². The second-order valence-corrected chi connectivity index (χ2v) is 21.6. The molecular weight excluding hydrogens is 985 g/mol. The molecule has 12 aromatic rings. The van der Waals surface area contributed by atoms with E-state index in [1.165, 1.54) is 11.1 Å². The maximum absolute atomic E-state index is 5.20. The molecule has 14 rings (SSSR count). The Bertz CT molecular complexity index is 4070. The molecule has 0 spiro atoms. The number of hydrogen-bond donors (Lipinski definition) is 0. The molecule has 0 N–H and O–H groups in total. The quantitative estimate of drug-likeness (QED) is 0.107. The lowest BCUT2D eigenvalue weighted by molar-refractivity contribution is 0.0680. The minimum atomic E-state index is -0.0123. The predicted octanol–water partition coefficient (Wildman–Crippen LogP) is 18.0. The molecule has 6 heteroatoms. The summed E-state index contributed by atoms with van der Waals surface area (Å²) in [5, 5.41) is 0. The summed E-state index contributed by atoms with van der Waals surface area (Å²) in [5.74, 6) is 5.14. The summed E-state index contributed by atoms with van der Waals surface area (Å²) in [4.78, 5) is 31.1. The molecule has 2 aromatic heterocycles. The molecule has 0 saturated heterocycles. The van der Waals surface area contributed by atoms with E-state index in [1.54, 1.807) is 5.57 Å². The van der Waals surface area contributed by atoms with Gasteiger partial charge < -0.3 is 0 Å². The van der Waals surface area contributed by atoms with Gasteiger partial charge in [-0.1, -0.05) is 268 Å². The van der Waals surface area contributed by atoms with Crippen molar-refractivity contribution in [1.29, 1.82) is 0 Å². The summed E-state index contributed by atoms with van der Waals surface area (Å²) in [6, 6.07) is 93.7. The first-order valence-electron chi connectivity index (χ1n) is 28.0. The molecule has 0 aliphatic heterocycles. The van der Waals surface area contributed by atoms with E-state index < -0.39 is 0 Å². The Labute approximate surface area is 473 Å². The van der Waals surface area contributed by atoms with Gasteiger partial charge in [-0.3, -0.25) is 0 Å². The summed E-state index contributed by atoms with van der Waals surface area (Å²) >= 11 is 0. The van der Waals surface area contributed by atoms with E-state index >= 15 is 0 Å². The molecule has 0 amide bonds. The first-order valence-corrected chi connectivity index (χ1v) is 28.0. The molecule has 6 nitrogen and oxygen atoms in total. The highest BCUT2D eigenvalue weighted by atomic mass is 15.0. The van der Waals surface area contributed by atoms with Gasteiger partial charge in [0, 0.05) is 38.8 Å². The van der Waals surface area contributed by atoms with Crippen LogP contribution < -0.4 is 0 Å². The van der Waals surface area contributed by atoms with Crippen molar-refractivity contribution in [2.24, 2.45) is 17.8 Å². The molecule has 2 aliphatic carbocycles. The van der Waals surface area contributed by atoms with Gasteiger partial charge in [-0.05, 0) is 104 Å². The zero-order valence-corrected chi connectivity index (χ0v) is 45.1. The smallest absolute Gasteiger partial charge is 0.164 e. The summed E-state index contributed by atoms with van der Waals surface area (Å²) < 4.78 is 0. The maximum atomic E-state index is 5.20. The van der Waals surface area contributed by atoms with Gasteiger partial charge in [0.1, 0.15) is 0 Å². The monoisotopic (exact) mass is 1040 g/mol. The van der Waals surface area contributed by atoms with Gasteiger partial charge in [-0.25, -0.2) is 29.9 Å². The highest BCUT2D eigenvalue weighted by molar-refractivity contribution is 5.77. The van der Waals surface area contributed by atoms with Crippen LogP contribution in [0, 0.1) is 17.8 Å². The molecule has 4 atom stereocenters. The van der Waals surface area contributed by atoms with E-state index in [9.17, 15) is 0 Å². The highest BCUT2D eigenvalue weighted by Gasteiger charge is 2.63. The largest absolute Gasteiger partial charge is 0.208 e. The molecular formula is C75H56N6. The number of fused-ring (bicyclic) bond motifs is 1. The van der Waals surface area contributed by atoms with Crippen LogP contribution in [-0.2, 0) is 11.8 Å². The molecule has 386 valence electrons. The first kappa shape index (κ1) is 49.3. The minimum absolute atomic E-state index is 0.0123. The molecule has 2 heterocycles. The van der Waals surface area contributed by atoms with E-state index in [0.29, 0.717) is 52.7 Å². The van der Waals surface area contributed by atoms with Gasteiger partial charge >= 0.3 is 0 Å². The lowest BCUT2D eigenvalue weighted by atomic mass is 9.37. The van der Waals surface area contributed by atoms with Crippen molar-refractivity contribution < 1.29 is 0 Å². The number of nitrogens with zero attached hydrogens (tertiary/aromatic N) is 6. The van der Waals surface area contributed by atoms with Crippen molar-refractivity contribution >= 4 is 0 Å². The van der Waals surface area contributed by atoms with Gasteiger partial charge in [0.05, 0.1) is 0 Å². The van der Waals surface area contributed by atoms with Crippen LogP contribution in [0.1, 0.15) is 25.0 Å². The number of hydrogen-bond acceptors (Lipinski definition) is 6. The fourth-order valence-corrected chi connectivity index (χ4v) is 12.6. The zero-order chi connectivity index (χ0) is 54.3. The van der Waals surface area contributed by atoms with E-state index in [4.69, 9.17) is 29.9 Å². The van der Waals surface area contributed by atoms with Crippen LogP contribution in [-0.4, -0.2) is 29.9 Å². The maximum Gasteiger partial charge on any atom is 0.164 e. The summed E-state index contributed by atoms with van der Waals surface area (Å²) in [5.41, 5.74) is 18.9. The summed E-state index contributed by atoms with van der Waals surface area (Å²) in [6.07, 6.45) is 3.47. The van der Waals surface area contributed by atoms with Gasteiger partial charge in [-0.15, -0.1) is 0 Å². The van der Waals surface area contributed by atoms with Crippen molar-refractivity contribution in [3.8, 4) is 113 Å². The number of allylic oxidation sites excluding steroid dienone is 2. The second-order valence-electron chi connectivity index (χ2n) is 21.6. The molecule has 81 heavy (non-hydrogen) atoms.